The van der Waals surface area contributed by atoms with Crippen LogP contribution in [0.4, 0.5) is 4.39 Å². The summed E-state index contributed by atoms with van der Waals surface area (Å²) in [7, 11) is 1.98. The molecule has 2 aromatic carbocycles. The van der Waals surface area contributed by atoms with Gasteiger partial charge in [-0.15, -0.1) is 0 Å². The smallest absolute Gasteiger partial charge is 0.131 e. The summed E-state index contributed by atoms with van der Waals surface area (Å²) in [6.07, 6.45) is 3.23. The average molecular weight is 271 g/mol. The Kier molecular flexibility index (Phi) is 3.29. The minimum atomic E-state index is -0.0979. The summed E-state index contributed by atoms with van der Waals surface area (Å²) < 4.78 is 14.4. The highest BCUT2D eigenvalue weighted by Gasteiger charge is 2.30. The fraction of sp³-hybridized carbons (Fsp3) is 0.444. The standard InChI is InChI=1S/C18H22FN/c1-18(2)9-8-13-12-6-4-5-7-14(12)16(19)10-15(13)17(11-18)20-3/h4-7,10,17,20H,8-9,11H2,1-3H3. The van der Waals surface area contributed by atoms with Crippen molar-refractivity contribution in [3.05, 3.63) is 47.3 Å². The van der Waals surface area contributed by atoms with Gasteiger partial charge in [0, 0.05) is 11.4 Å². The van der Waals surface area contributed by atoms with Crippen LogP contribution in [0, 0.1) is 11.2 Å². The Morgan fingerprint density at radius 2 is 1.90 bits per heavy atom. The zero-order valence-electron chi connectivity index (χ0n) is 12.5. The Morgan fingerprint density at radius 1 is 1.20 bits per heavy atom. The highest BCUT2D eigenvalue weighted by atomic mass is 19.1. The summed E-state index contributed by atoms with van der Waals surface area (Å²) >= 11 is 0. The summed E-state index contributed by atoms with van der Waals surface area (Å²) in [5.41, 5.74) is 2.76. The molecule has 3 rings (SSSR count). The lowest BCUT2D eigenvalue weighted by Gasteiger charge is -2.26. The molecule has 0 spiro atoms. The Balaban J connectivity index is 2.26. The van der Waals surface area contributed by atoms with E-state index in [2.05, 4.69) is 25.2 Å². The summed E-state index contributed by atoms with van der Waals surface area (Å²) in [5, 5.41) is 5.22. The van der Waals surface area contributed by atoms with Gasteiger partial charge in [-0.1, -0.05) is 38.1 Å². The molecular weight excluding hydrogens is 249 g/mol. The fourth-order valence-corrected chi connectivity index (χ4v) is 3.49. The van der Waals surface area contributed by atoms with E-state index in [1.807, 2.05) is 25.2 Å². The SMILES string of the molecule is CNC1CC(C)(C)CCc2c1cc(F)c1ccccc21. The third-order valence-electron chi connectivity index (χ3n) is 4.67. The highest BCUT2D eigenvalue weighted by Crippen LogP contribution is 2.41. The van der Waals surface area contributed by atoms with Crippen LogP contribution in [-0.4, -0.2) is 7.05 Å². The lowest BCUT2D eigenvalue weighted by molar-refractivity contribution is 0.279. The maximum atomic E-state index is 14.4. The number of hydrogen-bond acceptors (Lipinski definition) is 1. The van der Waals surface area contributed by atoms with Crippen molar-refractivity contribution in [2.45, 2.75) is 39.2 Å². The summed E-state index contributed by atoms with van der Waals surface area (Å²) in [6.45, 7) is 4.61. The first-order valence-corrected chi connectivity index (χ1v) is 7.39. The fourth-order valence-electron chi connectivity index (χ4n) is 3.49. The number of hydrogen-bond donors (Lipinski definition) is 1. The number of benzene rings is 2. The maximum absolute atomic E-state index is 14.4. The van der Waals surface area contributed by atoms with Crippen molar-refractivity contribution in [3.63, 3.8) is 0 Å². The highest BCUT2D eigenvalue weighted by molar-refractivity contribution is 5.87. The van der Waals surface area contributed by atoms with Crippen LogP contribution in [-0.2, 0) is 6.42 Å². The number of aryl methyl sites for hydroxylation is 1. The van der Waals surface area contributed by atoms with Gasteiger partial charge >= 0.3 is 0 Å². The van der Waals surface area contributed by atoms with E-state index in [9.17, 15) is 4.39 Å². The molecule has 20 heavy (non-hydrogen) atoms. The first-order valence-electron chi connectivity index (χ1n) is 7.39. The molecule has 1 aliphatic carbocycles. The molecule has 0 heterocycles. The van der Waals surface area contributed by atoms with Crippen LogP contribution < -0.4 is 5.32 Å². The summed E-state index contributed by atoms with van der Waals surface area (Å²) in [5.74, 6) is -0.0979. The van der Waals surface area contributed by atoms with Gasteiger partial charge in [0.25, 0.3) is 0 Å². The van der Waals surface area contributed by atoms with E-state index in [-0.39, 0.29) is 17.3 Å². The van der Waals surface area contributed by atoms with Gasteiger partial charge in [0.1, 0.15) is 5.82 Å². The molecule has 106 valence electrons. The quantitative estimate of drug-likeness (QED) is 0.747. The van der Waals surface area contributed by atoms with Gasteiger partial charge in [0.15, 0.2) is 0 Å². The molecule has 2 aromatic rings. The number of rotatable bonds is 1. The molecule has 1 atom stereocenters. The molecule has 1 N–H and O–H groups in total. The normalized spacial score (nSPS) is 21.5. The first-order chi connectivity index (χ1) is 9.52. The second-order valence-electron chi connectivity index (χ2n) is 6.68. The van der Waals surface area contributed by atoms with Crippen molar-refractivity contribution in [1.82, 2.24) is 5.32 Å². The van der Waals surface area contributed by atoms with Crippen LogP contribution in [0.2, 0.25) is 0 Å². The van der Waals surface area contributed by atoms with Crippen molar-refractivity contribution in [2.75, 3.05) is 7.05 Å². The van der Waals surface area contributed by atoms with Gasteiger partial charge in [0.05, 0.1) is 0 Å². The average Bonchev–Trinajstić information content (AvgIpc) is 2.56. The van der Waals surface area contributed by atoms with Crippen LogP contribution in [0.15, 0.2) is 30.3 Å². The largest absolute Gasteiger partial charge is 0.313 e. The second-order valence-corrected chi connectivity index (χ2v) is 6.68. The minimum Gasteiger partial charge on any atom is -0.313 e. The van der Waals surface area contributed by atoms with Gasteiger partial charge in [0.2, 0.25) is 0 Å². The molecule has 0 saturated heterocycles. The molecule has 2 heteroatoms. The van der Waals surface area contributed by atoms with Crippen molar-refractivity contribution >= 4 is 10.8 Å². The topological polar surface area (TPSA) is 12.0 Å². The van der Waals surface area contributed by atoms with Crippen molar-refractivity contribution in [2.24, 2.45) is 5.41 Å². The van der Waals surface area contributed by atoms with Gasteiger partial charge in [-0.25, -0.2) is 4.39 Å². The van der Waals surface area contributed by atoms with Crippen LogP contribution in [0.3, 0.4) is 0 Å². The Bertz CT molecular complexity index is 645. The molecule has 0 amide bonds. The molecule has 1 aliphatic rings. The van der Waals surface area contributed by atoms with Crippen LogP contribution in [0.25, 0.3) is 10.8 Å². The van der Waals surface area contributed by atoms with Gasteiger partial charge < -0.3 is 5.32 Å². The third-order valence-corrected chi connectivity index (χ3v) is 4.67. The monoisotopic (exact) mass is 271 g/mol. The molecule has 0 radical (unpaired) electrons. The number of halogens is 1. The molecule has 0 fully saturated rings. The Labute approximate surface area is 120 Å². The molecule has 0 saturated carbocycles. The Morgan fingerprint density at radius 3 is 2.60 bits per heavy atom. The van der Waals surface area contributed by atoms with E-state index in [1.165, 1.54) is 5.56 Å². The van der Waals surface area contributed by atoms with E-state index in [4.69, 9.17) is 0 Å². The van der Waals surface area contributed by atoms with Gasteiger partial charge in [-0.3, -0.25) is 0 Å². The summed E-state index contributed by atoms with van der Waals surface area (Å²) in [4.78, 5) is 0. The van der Waals surface area contributed by atoms with E-state index >= 15 is 0 Å². The van der Waals surface area contributed by atoms with Crippen LogP contribution in [0.1, 0.15) is 43.9 Å². The predicted molar refractivity (Wildman–Crippen MR) is 82.4 cm³/mol. The molecule has 0 aliphatic heterocycles. The number of nitrogens with one attached hydrogen (secondary N) is 1. The number of fused-ring (bicyclic) bond motifs is 3. The zero-order valence-corrected chi connectivity index (χ0v) is 12.5. The predicted octanol–water partition coefficient (Wildman–Crippen LogP) is 4.60. The van der Waals surface area contributed by atoms with E-state index < -0.39 is 0 Å². The lowest BCUT2D eigenvalue weighted by Crippen LogP contribution is -2.22. The van der Waals surface area contributed by atoms with Gasteiger partial charge in [-0.05, 0) is 54.3 Å². The molecular formula is C18H22FN. The lowest BCUT2D eigenvalue weighted by atomic mass is 9.83. The maximum Gasteiger partial charge on any atom is 0.131 e. The third kappa shape index (κ3) is 2.22. The molecule has 1 unspecified atom stereocenters. The Hall–Kier alpha value is -1.41. The van der Waals surface area contributed by atoms with E-state index in [0.717, 1.165) is 35.6 Å². The van der Waals surface area contributed by atoms with Crippen LogP contribution in [0.5, 0.6) is 0 Å². The van der Waals surface area contributed by atoms with Crippen molar-refractivity contribution in [1.29, 1.82) is 0 Å². The van der Waals surface area contributed by atoms with Crippen molar-refractivity contribution in [3.8, 4) is 0 Å². The minimum absolute atomic E-state index is 0.0979. The molecule has 1 nitrogen and oxygen atoms in total. The van der Waals surface area contributed by atoms with Crippen molar-refractivity contribution < 1.29 is 4.39 Å². The first kappa shape index (κ1) is 13.6. The molecule has 0 bridgehead atoms. The van der Waals surface area contributed by atoms with E-state index in [1.54, 1.807) is 6.07 Å². The zero-order chi connectivity index (χ0) is 14.3. The summed E-state index contributed by atoms with van der Waals surface area (Å²) in [6, 6.07) is 9.85. The molecule has 0 aromatic heterocycles. The van der Waals surface area contributed by atoms with E-state index in [0.29, 0.717) is 0 Å². The van der Waals surface area contributed by atoms with Gasteiger partial charge in [-0.2, -0.15) is 0 Å². The second kappa shape index (κ2) is 4.85. The van der Waals surface area contributed by atoms with Crippen LogP contribution >= 0.6 is 0 Å².